The molecule has 8 nitrogen and oxygen atoms in total. The van der Waals surface area contributed by atoms with E-state index in [4.69, 9.17) is 25.8 Å². The van der Waals surface area contributed by atoms with Gasteiger partial charge in [0.15, 0.2) is 5.75 Å². The lowest BCUT2D eigenvalue weighted by Crippen LogP contribution is -2.44. The van der Waals surface area contributed by atoms with Crippen molar-refractivity contribution in [3.05, 3.63) is 63.5 Å². The summed E-state index contributed by atoms with van der Waals surface area (Å²) in [6.07, 6.45) is 2.66. The van der Waals surface area contributed by atoms with Crippen LogP contribution in [0.15, 0.2) is 47.4 Å². The highest BCUT2D eigenvalue weighted by atomic mass is 35.5. The number of fused-ring (bicyclic) bond motifs is 2. The summed E-state index contributed by atoms with van der Waals surface area (Å²) >= 11 is 5.96. The van der Waals surface area contributed by atoms with E-state index in [-0.39, 0.29) is 23.8 Å². The molecule has 0 radical (unpaired) electrons. The first kappa shape index (κ1) is 20.6. The number of nitrogens with zero attached hydrogens (tertiary/aromatic N) is 3. The number of cyclic esters (lactones) is 1. The molecule has 2 aliphatic rings. The van der Waals surface area contributed by atoms with Gasteiger partial charge in [0, 0.05) is 36.7 Å². The number of benzene rings is 1. The van der Waals surface area contributed by atoms with Crippen LogP contribution in [0.2, 0.25) is 5.02 Å². The van der Waals surface area contributed by atoms with Gasteiger partial charge in [0.05, 0.1) is 30.6 Å². The van der Waals surface area contributed by atoms with Crippen molar-refractivity contribution >= 4 is 28.6 Å². The smallest absolute Gasteiger partial charge is 0.410 e. The van der Waals surface area contributed by atoms with E-state index in [0.717, 1.165) is 5.56 Å². The molecular weight excluding hydrogens is 434 g/mol. The second kappa shape index (κ2) is 8.35. The van der Waals surface area contributed by atoms with Crippen LogP contribution in [0.3, 0.4) is 0 Å². The van der Waals surface area contributed by atoms with Gasteiger partial charge in [-0.1, -0.05) is 23.7 Å². The highest BCUT2D eigenvalue weighted by molar-refractivity contribution is 6.30. The molecule has 0 saturated carbocycles. The zero-order chi connectivity index (χ0) is 22.2. The third-order valence-corrected chi connectivity index (χ3v) is 6.19. The predicted molar refractivity (Wildman–Crippen MR) is 119 cm³/mol. The Labute approximate surface area is 189 Å². The number of aromatic nitrogens is 2. The number of methoxy groups -OCH3 is 1. The summed E-state index contributed by atoms with van der Waals surface area (Å²) in [5, 5.41) is 1.10. The molecule has 2 aromatic heterocycles. The fourth-order valence-electron chi connectivity index (χ4n) is 4.26. The molecule has 166 valence electrons. The molecule has 5 rings (SSSR count). The molecule has 0 spiro atoms. The summed E-state index contributed by atoms with van der Waals surface area (Å²) in [7, 11) is 1.52. The SMILES string of the molecule is COc1nc2ccn(Cc3ccc(Cl)cc3)c(=O)c2cc1O[C@H]1CCN2C(=O)OC[C@@H]2C1. The van der Waals surface area contributed by atoms with Crippen LogP contribution >= 0.6 is 11.6 Å². The summed E-state index contributed by atoms with van der Waals surface area (Å²) < 4.78 is 18.4. The number of hydrogen-bond donors (Lipinski definition) is 0. The second-order valence-electron chi connectivity index (χ2n) is 7.99. The van der Waals surface area contributed by atoms with E-state index >= 15 is 0 Å². The number of carbonyl (C=O) groups excluding carboxylic acids is 1. The van der Waals surface area contributed by atoms with Crippen molar-refractivity contribution in [3.63, 3.8) is 0 Å². The van der Waals surface area contributed by atoms with Gasteiger partial charge in [-0.05, 0) is 23.8 Å². The van der Waals surface area contributed by atoms with Crippen LogP contribution in [0.1, 0.15) is 18.4 Å². The largest absolute Gasteiger partial charge is 0.485 e. The molecule has 0 bridgehead atoms. The van der Waals surface area contributed by atoms with Crippen LogP contribution in [0.4, 0.5) is 4.79 Å². The minimum Gasteiger partial charge on any atom is -0.485 e. The molecule has 3 aromatic rings. The van der Waals surface area contributed by atoms with Crippen molar-refractivity contribution in [3.8, 4) is 11.6 Å². The summed E-state index contributed by atoms with van der Waals surface area (Å²) in [5.74, 6) is 0.749. The van der Waals surface area contributed by atoms with E-state index in [2.05, 4.69) is 4.98 Å². The van der Waals surface area contributed by atoms with Gasteiger partial charge in [-0.2, -0.15) is 0 Å². The number of carbonyl (C=O) groups is 1. The van der Waals surface area contributed by atoms with Gasteiger partial charge in [-0.25, -0.2) is 9.78 Å². The quantitative estimate of drug-likeness (QED) is 0.586. The van der Waals surface area contributed by atoms with Crippen LogP contribution in [0, 0.1) is 0 Å². The Balaban J connectivity index is 1.43. The summed E-state index contributed by atoms with van der Waals surface area (Å²) in [4.78, 5) is 31.1. The Morgan fingerprint density at radius 2 is 2.03 bits per heavy atom. The Kier molecular flexibility index (Phi) is 5.38. The van der Waals surface area contributed by atoms with E-state index in [1.807, 2.05) is 12.1 Å². The highest BCUT2D eigenvalue weighted by Gasteiger charge is 2.39. The lowest BCUT2D eigenvalue weighted by molar-refractivity contribution is 0.0908. The number of rotatable bonds is 5. The summed E-state index contributed by atoms with van der Waals surface area (Å²) in [6.45, 7) is 1.37. The van der Waals surface area contributed by atoms with Crippen molar-refractivity contribution in [1.82, 2.24) is 14.5 Å². The van der Waals surface area contributed by atoms with Crippen LogP contribution in [0.5, 0.6) is 11.6 Å². The van der Waals surface area contributed by atoms with Crippen molar-refractivity contribution in [1.29, 1.82) is 0 Å². The number of pyridine rings is 2. The minimum absolute atomic E-state index is 0.0114. The normalized spacial score (nSPS) is 20.2. The first-order valence-corrected chi connectivity index (χ1v) is 10.8. The van der Waals surface area contributed by atoms with Crippen LogP contribution in [-0.2, 0) is 11.3 Å². The number of ether oxygens (including phenoxy) is 3. The third-order valence-electron chi connectivity index (χ3n) is 5.94. The lowest BCUT2D eigenvalue weighted by Gasteiger charge is -2.32. The monoisotopic (exact) mass is 455 g/mol. The van der Waals surface area contributed by atoms with Crippen molar-refractivity contribution < 1.29 is 19.0 Å². The molecule has 4 heterocycles. The summed E-state index contributed by atoms with van der Waals surface area (Å²) in [6, 6.07) is 10.9. The molecule has 0 unspecified atom stereocenters. The standard InChI is InChI=1S/C23H22ClN3O5/c1-30-21-20(32-17-6-9-27-16(10-17)13-31-23(27)29)11-18-19(25-21)7-8-26(22(18)28)12-14-2-4-15(24)5-3-14/h2-5,7-8,11,16-17H,6,9-10,12-13H2,1H3/t16-,17-/m0/s1. The fraction of sp³-hybridized carbons (Fsp3) is 0.348. The van der Waals surface area contributed by atoms with E-state index in [1.165, 1.54) is 7.11 Å². The van der Waals surface area contributed by atoms with E-state index < -0.39 is 0 Å². The number of hydrogen-bond acceptors (Lipinski definition) is 6. The maximum atomic E-state index is 13.2. The van der Waals surface area contributed by atoms with Gasteiger partial charge in [0.1, 0.15) is 12.7 Å². The maximum absolute atomic E-state index is 13.2. The number of halogens is 1. The zero-order valence-electron chi connectivity index (χ0n) is 17.5. The molecule has 2 atom stereocenters. The molecule has 2 fully saturated rings. The predicted octanol–water partition coefficient (Wildman–Crippen LogP) is 3.47. The first-order chi connectivity index (χ1) is 15.5. The third kappa shape index (κ3) is 3.86. The van der Waals surface area contributed by atoms with E-state index in [0.29, 0.717) is 60.1 Å². The molecule has 0 N–H and O–H groups in total. The van der Waals surface area contributed by atoms with Crippen LogP contribution in [0.25, 0.3) is 10.9 Å². The molecule has 32 heavy (non-hydrogen) atoms. The van der Waals surface area contributed by atoms with Gasteiger partial charge >= 0.3 is 6.09 Å². The van der Waals surface area contributed by atoms with Crippen LogP contribution in [-0.4, -0.2) is 53.0 Å². The van der Waals surface area contributed by atoms with Crippen molar-refractivity contribution in [2.24, 2.45) is 0 Å². The van der Waals surface area contributed by atoms with Gasteiger partial charge in [-0.3, -0.25) is 4.79 Å². The molecule has 2 aliphatic heterocycles. The fourth-order valence-corrected chi connectivity index (χ4v) is 4.39. The van der Waals surface area contributed by atoms with Crippen molar-refractivity contribution in [2.45, 2.75) is 31.5 Å². The van der Waals surface area contributed by atoms with Gasteiger partial charge in [-0.15, -0.1) is 0 Å². The van der Waals surface area contributed by atoms with Crippen molar-refractivity contribution in [2.75, 3.05) is 20.3 Å². The maximum Gasteiger partial charge on any atom is 0.410 e. The topological polar surface area (TPSA) is 82.9 Å². The number of amides is 1. The second-order valence-corrected chi connectivity index (χ2v) is 8.43. The average Bonchev–Trinajstić information content (AvgIpc) is 3.17. The number of piperidine rings is 1. The molecule has 0 aliphatic carbocycles. The zero-order valence-corrected chi connectivity index (χ0v) is 18.2. The first-order valence-electron chi connectivity index (χ1n) is 10.4. The van der Waals surface area contributed by atoms with E-state index in [1.54, 1.807) is 39.9 Å². The molecular formula is C23H22ClN3O5. The molecule has 1 amide bonds. The van der Waals surface area contributed by atoms with Gasteiger partial charge in [0.2, 0.25) is 0 Å². The lowest BCUT2D eigenvalue weighted by atomic mass is 10.0. The van der Waals surface area contributed by atoms with Gasteiger partial charge < -0.3 is 23.7 Å². The molecule has 1 aromatic carbocycles. The minimum atomic E-state index is -0.264. The Bertz CT molecular complexity index is 1230. The summed E-state index contributed by atoms with van der Waals surface area (Å²) in [5.41, 5.74) is 1.34. The van der Waals surface area contributed by atoms with Gasteiger partial charge in [0.25, 0.3) is 11.4 Å². The van der Waals surface area contributed by atoms with Crippen LogP contribution < -0.4 is 15.0 Å². The molecule has 9 heteroatoms. The molecule has 2 saturated heterocycles. The Hall–Kier alpha value is -3.26. The average molecular weight is 456 g/mol. The Morgan fingerprint density at radius 1 is 1.22 bits per heavy atom. The van der Waals surface area contributed by atoms with E-state index in [9.17, 15) is 9.59 Å². The highest BCUT2D eigenvalue weighted by Crippen LogP contribution is 2.32. The Morgan fingerprint density at radius 3 is 2.81 bits per heavy atom.